The van der Waals surface area contributed by atoms with Gasteiger partial charge in [-0.3, -0.25) is 4.79 Å². The number of nitrogens with zero attached hydrogens (tertiary/aromatic N) is 2. The van der Waals surface area contributed by atoms with Gasteiger partial charge in [-0.25, -0.2) is 13.6 Å². The van der Waals surface area contributed by atoms with Gasteiger partial charge >= 0.3 is 5.97 Å². The Morgan fingerprint density at radius 3 is 2.56 bits per heavy atom. The molecule has 1 aliphatic heterocycles. The molecule has 1 aromatic heterocycles. The first-order valence-electron chi connectivity index (χ1n) is 9.59. The summed E-state index contributed by atoms with van der Waals surface area (Å²) in [5.41, 5.74) is 4.65. The van der Waals surface area contributed by atoms with E-state index in [2.05, 4.69) is 21.2 Å². The SMILES string of the molecule is CNC1CN(c2c(F)cc3c(=O)c(C(=O)O)cn(-c4cc(N)c(F)cc4CO)c3c2Br)C1. The molecule has 0 aliphatic carbocycles. The lowest BCUT2D eigenvalue weighted by Crippen LogP contribution is -2.57. The Hall–Kier alpha value is -3.02. The third-order valence-corrected chi connectivity index (χ3v) is 6.37. The summed E-state index contributed by atoms with van der Waals surface area (Å²) < 4.78 is 30.6. The zero-order valence-corrected chi connectivity index (χ0v) is 18.4. The molecule has 2 heterocycles. The number of nitrogens with one attached hydrogen (secondary N) is 1. The molecule has 8 nitrogen and oxygen atoms in total. The van der Waals surface area contributed by atoms with E-state index < -0.39 is 35.2 Å². The van der Waals surface area contributed by atoms with Gasteiger partial charge < -0.3 is 30.7 Å². The molecular formula is C21H19BrF2N4O4. The van der Waals surface area contributed by atoms with Gasteiger partial charge in [0, 0.05) is 30.9 Å². The van der Waals surface area contributed by atoms with Crippen LogP contribution in [0.4, 0.5) is 20.2 Å². The van der Waals surface area contributed by atoms with Crippen LogP contribution in [0.2, 0.25) is 0 Å². The molecule has 1 aliphatic rings. The minimum Gasteiger partial charge on any atom is -0.477 e. The number of fused-ring (bicyclic) bond motifs is 1. The van der Waals surface area contributed by atoms with Gasteiger partial charge in [0.2, 0.25) is 5.43 Å². The van der Waals surface area contributed by atoms with Crippen LogP contribution in [-0.4, -0.2) is 46.9 Å². The average Bonchev–Trinajstić information content (AvgIpc) is 2.71. The van der Waals surface area contributed by atoms with Crippen LogP contribution in [-0.2, 0) is 6.61 Å². The highest BCUT2D eigenvalue weighted by Crippen LogP contribution is 2.39. The number of likely N-dealkylation sites (N-methyl/N-ethyl adjacent to an activating group) is 1. The second kappa shape index (κ2) is 8.15. The van der Waals surface area contributed by atoms with Gasteiger partial charge in [-0.1, -0.05) is 0 Å². The van der Waals surface area contributed by atoms with Crippen molar-refractivity contribution in [2.24, 2.45) is 0 Å². The molecule has 0 unspecified atom stereocenters. The maximum absolute atomic E-state index is 15.1. The van der Waals surface area contributed by atoms with E-state index in [1.165, 1.54) is 10.6 Å². The summed E-state index contributed by atoms with van der Waals surface area (Å²) in [6, 6.07) is 3.43. The standard InChI is InChI=1S/C21H19BrF2N4O4/c1-26-10-5-27(6-10)19-14(24)3-11-18(17(19)22)28(7-12(20(11)30)21(31)32)16-4-15(25)13(23)2-9(16)8-29/h2-4,7,10,26,29H,5-6,8,25H2,1H3,(H,31,32). The number of hydrogen-bond acceptors (Lipinski definition) is 6. The minimum absolute atomic E-state index is 0.106. The molecule has 1 fully saturated rings. The second-order valence-corrected chi connectivity index (χ2v) is 8.31. The number of carbonyl (C=O) groups is 1. The van der Waals surface area contributed by atoms with Crippen LogP contribution in [0.3, 0.4) is 0 Å². The van der Waals surface area contributed by atoms with Crippen LogP contribution < -0.4 is 21.4 Å². The van der Waals surface area contributed by atoms with Crippen molar-refractivity contribution in [3.05, 3.63) is 61.9 Å². The number of halogens is 3. The molecule has 5 N–H and O–H groups in total. The van der Waals surface area contributed by atoms with Gasteiger partial charge in [0.15, 0.2) is 0 Å². The number of anilines is 2. The molecule has 0 radical (unpaired) electrons. The number of aromatic carboxylic acids is 1. The Morgan fingerprint density at radius 1 is 1.28 bits per heavy atom. The fraction of sp³-hybridized carbons (Fsp3) is 0.238. The van der Waals surface area contributed by atoms with Gasteiger partial charge in [-0.05, 0) is 41.2 Å². The Balaban J connectivity index is 2.10. The third-order valence-electron chi connectivity index (χ3n) is 5.62. The predicted octanol–water partition coefficient (Wildman–Crippen LogP) is 2.21. The molecule has 0 atom stereocenters. The summed E-state index contributed by atoms with van der Waals surface area (Å²) in [7, 11) is 1.80. The normalized spacial score (nSPS) is 14.1. The van der Waals surface area contributed by atoms with Gasteiger partial charge in [0.25, 0.3) is 0 Å². The van der Waals surface area contributed by atoms with Crippen molar-refractivity contribution in [3.8, 4) is 5.69 Å². The predicted molar refractivity (Wildman–Crippen MR) is 120 cm³/mol. The number of aromatic nitrogens is 1. The van der Waals surface area contributed by atoms with E-state index in [0.717, 1.165) is 18.3 Å². The van der Waals surface area contributed by atoms with Crippen molar-refractivity contribution >= 4 is 44.2 Å². The zero-order chi connectivity index (χ0) is 23.3. The molecule has 2 aromatic carbocycles. The van der Waals surface area contributed by atoms with Gasteiger partial charge in [0.05, 0.1) is 39.0 Å². The topological polar surface area (TPSA) is 121 Å². The smallest absolute Gasteiger partial charge is 0.341 e. The van der Waals surface area contributed by atoms with Crippen molar-refractivity contribution in [3.63, 3.8) is 0 Å². The Bertz CT molecular complexity index is 1320. The number of rotatable bonds is 5. The first kappa shape index (κ1) is 22.2. The maximum atomic E-state index is 15.1. The van der Waals surface area contributed by atoms with E-state index in [4.69, 9.17) is 5.73 Å². The summed E-state index contributed by atoms with van der Waals surface area (Å²) in [5, 5.41) is 22.2. The molecule has 0 bridgehead atoms. The quantitative estimate of drug-likeness (QED) is 0.390. The number of carboxylic acids is 1. The van der Waals surface area contributed by atoms with Crippen LogP contribution in [0.5, 0.6) is 0 Å². The summed E-state index contributed by atoms with van der Waals surface area (Å²) in [5.74, 6) is -2.95. The third kappa shape index (κ3) is 3.42. The van der Waals surface area contributed by atoms with Crippen molar-refractivity contribution in [2.45, 2.75) is 12.6 Å². The molecule has 1 saturated heterocycles. The first-order valence-corrected chi connectivity index (χ1v) is 10.4. The van der Waals surface area contributed by atoms with Crippen LogP contribution in [0.25, 0.3) is 16.6 Å². The molecule has 0 amide bonds. The number of carboxylic acid groups (broad SMARTS) is 1. The number of aliphatic hydroxyl groups excluding tert-OH is 1. The Kier molecular flexibility index (Phi) is 5.65. The first-order chi connectivity index (χ1) is 15.2. The van der Waals surface area contributed by atoms with E-state index in [1.807, 2.05) is 0 Å². The molecule has 168 valence electrons. The molecular weight excluding hydrogens is 490 g/mol. The Morgan fingerprint density at radius 2 is 1.97 bits per heavy atom. The molecule has 0 saturated carbocycles. The minimum atomic E-state index is -1.51. The number of hydrogen-bond donors (Lipinski definition) is 4. The van der Waals surface area contributed by atoms with Crippen LogP contribution in [0.1, 0.15) is 15.9 Å². The van der Waals surface area contributed by atoms with Crippen molar-refractivity contribution in [1.29, 1.82) is 0 Å². The lowest BCUT2D eigenvalue weighted by molar-refractivity contribution is 0.0695. The highest BCUT2D eigenvalue weighted by molar-refractivity contribution is 9.10. The van der Waals surface area contributed by atoms with Gasteiger partial charge in [-0.2, -0.15) is 0 Å². The summed E-state index contributed by atoms with van der Waals surface area (Å²) in [6.45, 7) is 0.477. The van der Waals surface area contributed by atoms with Crippen molar-refractivity contribution < 1.29 is 23.8 Å². The molecule has 4 rings (SSSR count). The van der Waals surface area contributed by atoms with E-state index in [1.54, 1.807) is 11.9 Å². The van der Waals surface area contributed by atoms with E-state index in [-0.39, 0.29) is 44.0 Å². The average molecular weight is 509 g/mol. The van der Waals surface area contributed by atoms with Gasteiger partial charge in [-0.15, -0.1) is 0 Å². The number of nitrogen functional groups attached to an aromatic ring is 1. The van der Waals surface area contributed by atoms with E-state index >= 15 is 4.39 Å². The van der Waals surface area contributed by atoms with Crippen molar-refractivity contribution in [1.82, 2.24) is 9.88 Å². The van der Waals surface area contributed by atoms with E-state index in [9.17, 15) is 24.2 Å². The highest BCUT2D eigenvalue weighted by atomic mass is 79.9. The molecule has 11 heteroatoms. The fourth-order valence-corrected chi connectivity index (χ4v) is 4.70. The van der Waals surface area contributed by atoms with Crippen LogP contribution >= 0.6 is 15.9 Å². The maximum Gasteiger partial charge on any atom is 0.341 e. The largest absolute Gasteiger partial charge is 0.477 e. The fourth-order valence-electron chi connectivity index (χ4n) is 3.85. The second-order valence-electron chi connectivity index (χ2n) is 7.52. The summed E-state index contributed by atoms with van der Waals surface area (Å²) in [6.07, 6.45) is 1.07. The molecule has 3 aromatic rings. The zero-order valence-electron chi connectivity index (χ0n) is 16.8. The lowest BCUT2D eigenvalue weighted by atomic mass is 10.0. The van der Waals surface area contributed by atoms with Crippen LogP contribution in [0.15, 0.2) is 33.7 Å². The van der Waals surface area contributed by atoms with Crippen molar-refractivity contribution in [2.75, 3.05) is 30.8 Å². The molecule has 0 spiro atoms. The number of nitrogens with two attached hydrogens (primary N) is 1. The monoisotopic (exact) mass is 508 g/mol. The Labute approximate surface area is 189 Å². The molecule has 32 heavy (non-hydrogen) atoms. The number of aliphatic hydroxyl groups is 1. The number of benzene rings is 2. The number of pyridine rings is 1. The highest BCUT2D eigenvalue weighted by Gasteiger charge is 2.31. The summed E-state index contributed by atoms with van der Waals surface area (Å²) >= 11 is 3.40. The van der Waals surface area contributed by atoms with Crippen LogP contribution in [0, 0.1) is 11.6 Å². The summed E-state index contributed by atoms with van der Waals surface area (Å²) in [4.78, 5) is 26.4. The van der Waals surface area contributed by atoms with Gasteiger partial charge in [0.1, 0.15) is 17.2 Å². The van der Waals surface area contributed by atoms with E-state index in [0.29, 0.717) is 13.1 Å². The lowest BCUT2D eigenvalue weighted by Gasteiger charge is -2.41.